The van der Waals surface area contributed by atoms with Gasteiger partial charge < -0.3 is 9.47 Å². The van der Waals surface area contributed by atoms with Crippen molar-refractivity contribution in [2.45, 2.75) is 0 Å². The number of carbonyl (C=O) groups excluding carboxylic acids is 2. The molecule has 34 heavy (non-hydrogen) atoms. The van der Waals surface area contributed by atoms with Crippen LogP contribution in [0.25, 0.3) is 21.5 Å². The Hall–Kier alpha value is -3.69. The topological polar surface area (TPSA) is 88.7 Å². The van der Waals surface area contributed by atoms with Crippen LogP contribution in [0.1, 0.15) is 0 Å². The number of rotatable bonds is 6. The molecule has 0 aliphatic carbocycles. The number of halogens is 1. The molecular formula is C25H20BrN3O4S. The van der Waals surface area contributed by atoms with Gasteiger partial charge in [0.05, 0.1) is 4.47 Å². The van der Waals surface area contributed by atoms with E-state index in [1.807, 2.05) is 66.7 Å². The van der Waals surface area contributed by atoms with E-state index in [4.69, 9.17) is 21.7 Å². The summed E-state index contributed by atoms with van der Waals surface area (Å²) in [5.74, 6) is 0.175. The lowest BCUT2D eigenvalue weighted by atomic mass is 10.1. The summed E-state index contributed by atoms with van der Waals surface area (Å²) in [7, 11) is 0. The maximum Gasteiger partial charge on any atom is 0.276 e. The maximum absolute atomic E-state index is 12.1. The first-order valence-electron chi connectivity index (χ1n) is 10.3. The first kappa shape index (κ1) is 23.5. The summed E-state index contributed by atoms with van der Waals surface area (Å²) in [6.07, 6.45) is 0. The van der Waals surface area contributed by atoms with Gasteiger partial charge in [-0.05, 0) is 67.9 Å². The van der Waals surface area contributed by atoms with Crippen LogP contribution in [0.15, 0.2) is 83.3 Å². The zero-order valence-electron chi connectivity index (χ0n) is 17.8. The number of nitrogens with one attached hydrogen (secondary N) is 3. The normalized spacial score (nSPS) is 10.5. The minimum atomic E-state index is -0.473. The first-order chi connectivity index (χ1) is 16.5. The van der Waals surface area contributed by atoms with Crippen LogP contribution in [0.4, 0.5) is 0 Å². The predicted octanol–water partition coefficient (Wildman–Crippen LogP) is 4.24. The summed E-state index contributed by atoms with van der Waals surface area (Å²) in [4.78, 5) is 24.2. The van der Waals surface area contributed by atoms with E-state index in [0.717, 1.165) is 26.0 Å². The molecule has 0 atom stereocenters. The molecule has 0 aromatic heterocycles. The number of thiocarbonyl (C=S) groups is 1. The third-order valence-electron chi connectivity index (χ3n) is 4.85. The van der Waals surface area contributed by atoms with Crippen molar-refractivity contribution >= 4 is 66.6 Å². The molecule has 0 aliphatic rings. The van der Waals surface area contributed by atoms with Crippen molar-refractivity contribution in [1.82, 2.24) is 16.2 Å². The smallest absolute Gasteiger partial charge is 0.276 e. The van der Waals surface area contributed by atoms with Crippen LogP contribution in [-0.2, 0) is 9.59 Å². The number of hydrogen-bond acceptors (Lipinski definition) is 5. The van der Waals surface area contributed by atoms with Crippen molar-refractivity contribution in [3.8, 4) is 11.5 Å². The largest absolute Gasteiger partial charge is 0.484 e. The van der Waals surface area contributed by atoms with Gasteiger partial charge in [-0.2, -0.15) is 0 Å². The lowest BCUT2D eigenvalue weighted by Crippen LogP contribution is -2.50. The van der Waals surface area contributed by atoms with Crippen molar-refractivity contribution in [2.24, 2.45) is 0 Å². The van der Waals surface area contributed by atoms with Gasteiger partial charge in [-0.3, -0.25) is 25.8 Å². The Bertz CT molecular complexity index is 1380. The van der Waals surface area contributed by atoms with Crippen molar-refractivity contribution in [3.05, 3.63) is 83.3 Å². The van der Waals surface area contributed by atoms with Gasteiger partial charge in [0, 0.05) is 0 Å². The Morgan fingerprint density at radius 1 is 0.765 bits per heavy atom. The Morgan fingerprint density at radius 2 is 1.44 bits per heavy atom. The van der Waals surface area contributed by atoms with E-state index in [9.17, 15) is 9.59 Å². The van der Waals surface area contributed by atoms with E-state index >= 15 is 0 Å². The van der Waals surface area contributed by atoms with Crippen LogP contribution < -0.4 is 25.6 Å². The standard InChI is InChI=1S/C25H20BrN3O4S/c26-24-20-8-4-3-6-17(20)10-12-21(24)33-14-22(30)27-25(34)29-28-23(31)15-32-19-11-9-16-5-1-2-7-18(16)13-19/h1-13H,14-15H2,(H,28,31)(H2,27,29,30,34). The molecule has 7 nitrogen and oxygen atoms in total. The van der Waals surface area contributed by atoms with E-state index in [1.165, 1.54) is 0 Å². The summed E-state index contributed by atoms with van der Waals surface area (Å²) < 4.78 is 11.9. The molecule has 0 bridgehead atoms. The molecule has 0 saturated carbocycles. The summed E-state index contributed by atoms with van der Waals surface area (Å²) in [6, 6.07) is 24.9. The molecular weight excluding hydrogens is 518 g/mol. The number of benzene rings is 4. The van der Waals surface area contributed by atoms with E-state index in [0.29, 0.717) is 11.5 Å². The van der Waals surface area contributed by atoms with Crippen LogP contribution in [-0.4, -0.2) is 30.1 Å². The van der Waals surface area contributed by atoms with Crippen LogP contribution in [0.3, 0.4) is 0 Å². The average molecular weight is 538 g/mol. The lowest BCUT2D eigenvalue weighted by molar-refractivity contribution is -0.124. The average Bonchev–Trinajstić information content (AvgIpc) is 2.86. The molecule has 0 spiro atoms. The van der Waals surface area contributed by atoms with Crippen LogP contribution in [0, 0.1) is 0 Å². The molecule has 0 aliphatic heterocycles. The van der Waals surface area contributed by atoms with E-state index in [1.54, 1.807) is 12.1 Å². The molecule has 0 saturated heterocycles. The minimum absolute atomic E-state index is 0.0646. The van der Waals surface area contributed by atoms with E-state index < -0.39 is 11.8 Å². The van der Waals surface area contributed by atoms with E-state index in [2.05, 4.69) is 32.1 Å². The SMILES string of the molecule is O=C(COc1ccc2ccccc2c1)NNC(=S)NC(=O)COc1ccc2ccccc2c1Br. The molecule has 0 heterocycles. The van der Waals surface area contributed by atoms with Crippen LogP contribution in [0.2, 0.25) is 0 Å². The van der Waals surface area contributed by atoms with Gasteiger partial charge in [0.15, 0.2) is 18.3 Å². The van der Waals surface area contributed by atoms with Crippen molar-refractivity contribution in [1.29, 1.82) is 0 Å². The van der Waals surface area contributed by atoms with Gasteiger partial charge in [-0.1, -0.05) is 60.7 Å². The summed E-state index contributed by atoms with van der Waals surface area (Å²) in [5, 5.41) is 6.50. The van der Waals surface area contributed by atoms with Crippen molar-refractivity contribution < 1.29 is 19.1 Å². The molecule has 0 fully saturated rings. The highest BCUT2D eigenvalue weighted by Crippen LogP contribution is 2.32. The fourth-order valence-electron chi connectivity index (χ4n) is 3.23. The van der Waals surface area contributed by atoms with Gasteiger partial charge in [-0.25, -0.2) is 0 Å². The number of hydrazine groups is 1. The molecule has 4 rings (SSSR count). The first-order valence-corrected chi connectivity index (χ1v) is 11.5. The Labute approximate surface area is 209 Å². The number of amides is 2. The summed E-state index contributed by atoms with van der Waals surface area (Å²) in [5.41, 5.74) is 4.85. The highest BCUT2D eigenvalue weighted by molar-refractivity contribution is 9.10. The number of ether oxygens (including phenoxy) is 2. The monoisotopic (exact) mass is 537 g/mol. The van der Waals surface area contributed by atoms with Gasteiger partial charge >= 0.3 is 0 Å². The van der Waals surface area contributed by atoms with Gasteiger partial charge in [-0.15, -0.1) is 0 Å². The second kappa shape index (κ2) is 11.0. The van der Waals surface area contributed by atoms with Crippen LogP contribution in [0.5, 0.6) is 11.5 Å². The summed E-state index contributed by atoms with van der Waals surface area (Å²) in [6.45, 7) is -0.473. The number of carbonyl (C=O) groups is 2. The van der Waals surface area contributed by atoms with Crippen molar-refractivity contribution in [2.75, 3.05) is 13.2 Å². The third-order valence-corrected chi connectivity index (χ3v) is 5.87. The maximum atomic E-state index is 12.1. The number of hydrogen-bond donors (Lipinski definition) is 3. The number of fused-ring (bicyclic) bond motifs is 2. The zero-order valence-corrected chi connectivity index (χ0v) is 20.2. The molecule has 0 radical (unpaired) electrons. The summed E-state index contributed by atoms with van der Waals surface area (Å²) >= 11 is 8.55. The second-order valence-electron chi connectivity index (χ2n) is 7.24. The van der Waals surface area contributed by atoms with Gasteiger partial charge in [0.2, 0.25) is 0 Å². The third kappa shape index (κ3) is 6.00. The van der Waals surface area contributed by atoms with Gasteiger partial charge in [0.1, 0.15) is 11.5 Å². The fourth-order valence-corrected chi connectivity index (χ4v) is 4.00. The molecule has 172 valence electrons. The molecule has 2 amide bonds. The molecule has 9 heteroatoms. The highest BCUT2D eigenvalue weighted by Gasteiger charge is 2.11. The zero-order chi connectivity index (χ0) is 23.9. The Morgan fingerprint density at radius 3 is 2.26 bits per heavy atom. The molecule has 3 N–H and O–H groups in total. The van der Waals surface area contributed by atoms with Gasteiger partial charge in [0.25, 0.3) is 11.8 Å². The van der Waals surface area contributed by atoms with Crippen molar-refractivity contribution in [3.63, 3.8) is 0 Å². The quantitative estimate of drug-likeness (QED) is 0.252. The lowest BCUT2D eigenvalue weighted by Gasteiger charge is -2.13. The van der Waals surface area contributed by atoms with E-state index in [-0.39, 0.29) is 18.3 Å². The Kier molecular flexibility index (Phi) is 7.56. The molecule has 0 unspecified atom stereocenters. The second-order valence-corrected chi connectivity index (χ2v) is 8.44. The van der Waals surface area contributed by atoms with Crippen LogP contribution >= 0.6 is 28.1 Å². The minimum Gasteiger partial charge on any atom is -0.484 e. The highest BCUT2D eigenvalue weighted by atomic mass is 79.9. The molecule has 4 aromatic carbocycles. The fraction of sp³-hybridized carbons (Fsp3) is 0.0800. The predicted molar refractivity (Wildman–Crippen MR) is 139 cm³/mol. The Balaban J connectivity index is 1.19. The molecule has 4 aromatic rings.